The Labute approximate surface area is 56.6 Å². The predicted octanol–water partition coefficient (Wildman–Crippen LogP) is 0.775. The standard InChI is InChI=1S/C7H15NO/c1-7(9-2)4-3-5-8-6-7/h8H,3-6H2,1-2H3/t7-/m0/s1. The van der Waals surface area contributed by atoms with Crippen molar-refractivity contribution in [2.75, 3.05) is 20.2 Å². The lowest BCUT2D eigenvalue weighted by molar-refractivity contribution is -0.0123. The first-order chi connectivity index (χ1) is 4.27. The van der Waals surface area contributed by atoms with E-state index in [9.17, 15) is 0 Å². The van der Waals surface area contributed by atoms with E-state index in [1.165, 1.54) is 12.8 Å². The average Bonchev–Trinajstić information content (AvgIpc) is 1.90. The molecule has 54 valence electrons. The summed E-state index contributed by atoms with van der Waals surface area (Å²) in [4.78, 5) is 0. The number of hydrogen-bond acceptors (Lipinski definition) is 2. The summed E-state index contributed by atoms with van der Waals surface area (Å²) in [6.45, 7) is 4.31. The minimum Gasteiger partial charge on any atom is -0.377 e. The summed E-state index contributed by atoms with van der Waals surface area (Å²) in [6.07, 6.45) is 2.43. The van der Waals surface area contributed by atoms with Gasteiger partial charge in [-0.25, -0.2) is 0 Å². The maximum atomic E-state index is 5.32. The van der Waals surface area contributed by atoms with Gasteiger partial charge in [-0.15, -0.1) is 0 Å². The molecule has 1 aliphatic heterocycles. The minimum absolute atomic E-state index is 0.109. The van der Waals surface area contributed by atoms with E-state index in [4.69, 9.17) is 4.74 Å². The van der Waals surface area contributed by atoms with Gasteiger partial charge in [-0.3, -0.25) is 0 Å². The Kier molecular flexibility index (Phi) is 2.09. The van der Waals surface area contributed by atoms with Crippen molar-refractivity contribution < 1.29 is 4.74 Å². The molecule has 1 atom stereocenters. The van der Waals surface area contributed by atoms with E-state index in [1.807, 2.05) is 0 Å². The molecule has 0 bridgehead atoms. The number of hydrogen-bond donors (Lipinski definition) is 1. The first-order valence-electron chi connectivity index (χ1n) is 3.53. The third-order valence-electron chi connectivity index (χ3n) is 2.05. The summed E-state index contributed by atoms with van der Waals surface area (Å²) >= 11 is 0. The molecule has 9 heavy (non-hydrogen) atoms. The molecule has 1 heterocycles. The molecule has 1 fully saturated rings. The Morgan fingerprint density at radius 3 is 2.67 bits per heavy atom. The number of nitrogens with one attached hydrogen (secondary N) is 1. The zero-order chi connectivity index (χ0) is 6.74. The highest BCUT2D eigenvalue weighted by Gasteiger charge is 2.25. The molecule has 2 heteroatoms. The average molecular weight is 129 g/mol. The maximum Gasteiger partial charge on any atom is 0.0775 e. The van der Waals surface area contributed by atoms with Crippen molar-refractivity contribution in [3.8, 4) is 0 Å². The minimum atomic E-state index is 0.109. The third-order valence-corrected chi connectivity index (χ3v) is 2.05. The van der Waals surface area contributed by atoms with Gasteiger partial charge in [0.05, 0.1) is 5.60 Å². The molecule has 0 aliphatic carbocycles. The molecule has 0 radical (unpaired) electrons. The maximum absolute atomic E-state index is 5.32. The summed E-state index contributed by atoms with van der Waals surface area (Å²) < 4.78 is 5.32. The lowest BCUT2D eigenvalue weighted by Gasteiger charge is -2.32. The summed E-state index contributed by atoms with van der Waals surface area (Å²) in [5.74, 6) is 0. The van der Waals surface area contributed by atoms with Crippen LogP contribution < -0.4 is 5.32 Å². The van der Waals surface area contributed by atoms with Crippen LogP contribution in [0.15, 0.2) is 0 Å². The van der Waals surface area contributed by atoms with Crippen LogP contribution >= 0.6 is 0 Å². The van der Waals surface area contributed by atoms with Crippen molar-refractivity contribution in [1.29, 1.82) is 0 Å². The van der Waals surface area contributed by atoms with Crippen LogP contribution in [0.3, 0.4) is 0 Å². The van der Waals surface area contributed by atoms with E-state index in [0.717, 1.165) is 13.1 Å². The number of piperidine rings is 1. The van der Waals surface area contributed by atoms with Gasteiger partial charge in [0.2, 0.25) is 0 Å². The van der Waals surface area contributed by atoms with Crippen molar-refractivity contribution in [1.82, 2.24) is 5.32 Å². The second kappa shape index (κ2) is 2.67. The second-order valence-corrected chi connectivity index (χ2v) is 2.93. The van der Waals surface area contributed by atoms with Crippen LogP contribution in [-0.2, 0) is 4.74 Å². The molecule has 1 saturated heterocycles. The second-order valence-electron chi connectivity index (χ2n) is 2.93. The van der Waals surface area contributed by atoms with Crippen molar-refractivity contribution in [2.24, 2.45) is 0 Å². The van der Waals surface area contributed by atoms with Gasteiger partial charge in [0, 0.05) is 13.7 Å². The fourth-order valence-corrected chi connectivity index (χ4v) is 1.20. The Balaban J connectivity index is 2.37. The Morgan fingerprint density at radius 1 is 1.56 bits per heavy atom. The van der Waals surface area contributed by atoms with Gasteiger partial charge in [0.1, 0.15) is 0 Å². The zero-order valence-corrected chi connectivity index (χ0v) is 6.24. The first kappa shape index (κ1) is 7.03. The number of rotatable bonds is 1. The predicted molar refractivity (Wildman–Crippen MR) is 37.5 cm³/mol. The normalized spacial score (nSPS) is 36.7. The monoisotopic (exact) mass is 129 g/mol. The first-order valence-corrected chi connectivity index (χ1v) is 3.53. The van der Waals surface area contributed by atoms with Crippen molar-refractivity contribution >= 4 is 0 Å². The highest BCUT2D eigenvalue weighted by atomic mass is 16.5. The fourth-order valence-electron chi connectivity index (χ4n) is 1.20. The van der Waals surface area contributed by atoms with Gasteiger partial charge in [-0.2, -0.15) is 0 Å². The third kappa shape index (κ3) is 1.66. The molecule has 0 amide bonds. The van der Waals surface area contributed by atoms with E-state index in [0.29, 0.717) is 0 Å². The summed E-state index contributed by atoms with van der Waals surface area (Å²) in [6, 6.07) is 0. The molecule has 0 saturated carbocycles. The van der Waals surface area contributed by atoms with Crippen LogP contribution in [-0.4, -0.2) is 25.8 Å². The van der Waals surface area contributed by atoms with E-state index in [1.54, 1.807) is 7.11 Å². The molecule has 0 aromatic heterocycles. The topological polar surface area (TPSA) is 21.3 Å². The van der Waals surface area contributed by atoms with E-state index in [2.05, 4.69) is 12.2 Å². The van der Waals surface area contributed by atoms with Crippen molar-refractivity contribution in [2.45, 2.75) is 25.4 Å². The molecular formula is C7H15NO. The highest BCUT2D eigenvalue weighted by Crippen LogP contribution is 2.17. The van der Waals surface area contributed by atoms with E-state index >= 15 is 0 Å². The molecule has 1 aliphatic rings. The van der Waals surface area contributed by atoms with Crippen LogP contribution in [0.4, 0.5) is 0 Å². The molecule has 0 spiro atoms. The van der Waals surface area contributed by atoms with Gasteiger partial charge < -0.3 is 10.1 Å². The van der Waals surface area contributed by atoms with Crippen molar-refractivity contribution in [3.63, 3.8) is 0 Å². The largest absolute Gasteiger partial charge is 0.377 e. The fraction of sp³-hybridized carbons (Fsp3) is 1.00. The smallest absolute Gasteiger partial charge is 0.0775 e. The van der Waals surface area contributed by atoms with Crippen LogP contribution in [0.5, 0.6) is 0 Å². The lowest BCUT2D eigenvalue weighted by Crippen LogP contribution is -2.44. The van der Waals surface area contributed by atoms with Gasteiger partial charge in [0.15, 0.2) is 0 Å². The molecule has 0 aromatic rings. The molecular weight excluding hydrogens is 114 g/mol. The van der Waals surface area contributed by atoms with E-state index in [-0.39, 0.29) is 5.60 Å². The van der Waals surface area contributed by atoms with E-state index < -0.39 is 0 Å². The van der Waals surface area contributed by atoms with Crippen LogP contribution in [0, 0.1) is 0 Å². The van der Waals surface area contributed by atoms with Gasteiger partial charge in [-0.05, 0) is 26.3 Å². The highest BCUT2D eigenvalue weighted by molar-refractivity contribution is 4.81. The van der Waals surface area contributed by atoms with Crippen molar-refractivity contribution in [3.05, 3.63) is 0 Å². The summed E-state index contributed by atoms with van der Waals surface area (Å²) in [7, 11) is 1.78. The van der Waals surface area contributed by atoms with Crippen LogP contribution in [0.1, 0.15) is 19.8 Å². The van der Waals surface area contributed by atoms with Gasteiger partial charge in [-0.1, -0.05) is 0 Å². The van der Waals surface area contributed by atoms with Gasteiger partial charge in [0.25, 0.3) is 0 Å². The molecule has 1 rings (SSSR count). The zero-order valence-electron chi connectivity index (χ0n) is 6.24. The van der Waals surface area contributed by atoms with Crippen LogP contribution in [0.25, 0.3) is 0 Å². The Morgan fingerprint density at radius 2 is 2.33 bits per heavy atom. The SMILES string of the molecule is CO[C@@]1(C)CCCNC1. The Hall–Kier alpha value is -0.0800. The lowest BCUT2D eigenvalue weighted by atomic mass is 9.97. The molecule has 0 unspecified atom stereocenters. The van der Waals surface area contributed by atoms with Crippen LogP contribution in [0.2, 0.25) is 0 Å². The molecule has 0 aromatic carbocycles. The quantitative estimate of drug-likeness (QED) is 0.564. The number of methoxy groups -OCH3 is 1. The Bertz CT molecular complexity index is 86.9. The summed E-state index contributed by atoms with van der Waals surface area (Å²) in [5, 5.41) is 3.30. The molecule has 2 nitrogen and oxygen atoms in total. The van der Waals surface area contributed by atoms with Gasteiger partial charge >= 0.3 is 0 Å². The summed E-state index contributed by atoms with van der Waals surface area (Å²) in [5.41, 5.74) is 0.109. The number of ether oxygens (including phenoxy) is 1. The molecule has 1 N–H and O–H groups in total.